The average Bonchev–Trinajstić information content (AvgIpc) is 2.74. The van der Waals surface area contributed by atoms with Gasteiger partial charge in [0, 0.05) is 5.41 Å². The van der Waals surface area contributed by atoms with Crippen LogP contribution in [0.25, 0.3) is 0 Å². The molecular weight excluding hydrogens is 389 g/mol. The van der Waals surface area contributed by atoms with E-state index in [1.54, 1.807) is 20.8 Å². The lowest BCUT2D eigenvalue weighted by molar-refractivity contribution is -0.148. The van der Waals surface area contributed by atoms with E-state index in [9.17, 15) is 19.4 Å². The molecule has 1 saturated carbocycles. The van der Waals surface area contributed by atoms with Crippen LogP contribution in [0.5, 0.6) is 0 Å². The summed E-state index contributed by atoms with van der Waals surface area (Å²) in [5, 5.41) is 24.1. The van der Waals surface area contributed by atoms with E-state index in [0.717, 1.165) is 0 Å². The second-order valence-electron chi connectivity index (χ2n) is 7.15. The maximum Gasteiger partial charge on any atom is 0.307 e. The highest BCUT2D eigenvalue weighted by atomic mass is 79.9. The minimum atomic E-state index is -1.29. The zero-order valence-corrected chi connectivity index (χ0v) is 15.3. The number of aliphatic hydroxyl groups is 1. The maximum absolute atomic E-state index is 14.2. The zero-order valence-electron chi connectivity index (χ0n) is 13.0. The number of carbonyl (C=O) groups is 1. The molecule has 0 saturated heterocycles. The molecule has 23 heavy (non-hydrogen) atoms. The molecule has 7 heteroatoms. The third kappa shape index (κ3) is 1.88. The van der Waals surface area contributed by atoms with Gasteiger partial charge in [-0.2, -0.15) is 0 Å². The molecule has 1 aromatic rings. The third-order valence-electron chi connectivity index (χ3n) is 5.84. The SMILES string of the molecule is CC1(C)Nc2c(cc(Br)c(F)c2Cl)C2(C)C(C(=O)O)CCC12O. The first-order chi connectivity index (χ1) is 10.5. The van der Waals surface area contributed by atoms with E-state index in [2.05, 4.69) is 21.2 Å². The van der Waals surface area contributed by atoms with Gasteiger partial charge >= 0.3 is 5.97 Å². The second-order valence-corrected chi connectivity index (χ2v) is 8.38. The zero-order chi connectivity index (χ0) is 17.4. The summed E-state index contributed by atoms with van der Waals surface area (Å²) in [6.45, 7) is 5.31. The van der Waals surface area contributed by atoms with Gasteiger partial charge in [0.2, 0.25) is 0 Å². The summed E-state index contributed by atoms with van der Waals surface area (Å²) in [5.74, 6) is -2.35. The first-order valence-electron chi connectivity index (χ1n) is 7.38. The first kappa shape index (κ1) is 17.0. The van der Waals surface area contributed by atoms with Crippen LogP contribution >= 0.6 is 27.5 Å². The minimum absolute atomic E-state index is 0.0956. The molecule has 1 fully saturated rings. The van der Waals surface area contributed by atoms with Crippen LogP contribution in [-0.4, -0.2) is 27.3 Å². The highest BCUT2D eigenvalue weighted by molar-refractivity contribution is 9.10. The molecule has 1 aliphatic carbocycles. The normalized spacial score (nSPS) is 34.5. The molecule has 0 spiro atoms. The summed E-state index contributed by atoms with van der Waals surface area (Å²) in [7, 11) is 0. The molecule has 1 aliphatic heterocycles. The third-order valence-corrected chi connectivity index (χ3v) is 6.77. The number of carboxylic acids is 1. The number of carboxylic acid groups (broad SMARTS) is 1. The lowest BCUT2D eigenvalue weighted by Crippen LogP contribution is -2.67. The van der Waals surface area contributed by atoms with Crippen LogP contribution in [0.2, 0.25) is 5.02 Å². The molecule has 126 valence electrons. The van der Waals surface area contributed by atoms with Crippen LogP contribution in [0.4, 0.5) is 10.1 Å². The van der Waals surface area contributed by atoms with Crippen LogP contribution in [0.3, 0.4) is 0 Å². The van der Waals surface area contributed by atoms with Crippen molar-refractivity contribution in [3.63, 3.8) is 0 Å². The van der Waals surface area contributed by atoms with Crippen molar-refractivity contribution in [3.05, 3.63) is 26.9 Å². The molecule has 3 unspecified atom stereocenters. The predicted molar refractivity (Wildman–Crippen MR) is 89.5 cm³/mol. The van der Waals surface area contributed by atoms with E-state index < -0.39 is 34.3 Å². The molecular formula is C16H18BrClFNO3. The monoisotopic (exact) mass is 405 g/mol. The van der Waals surface area contributed by atoms with Crippen LogP contribution in [0.15, 0.2) is 10.5 Å². The van der Waals surface area contributed by atoms with Crippen molar-refractivity contribution in [1.82, 2.24) is 0 Å². The highest BCUT2D eigenvalue weighted by Gasteiger charge is 2.68. The highest BCUT2D eigenvalue weighted by Crippen LogP contribution is 2.62. The fourth-order valence-electron chi connectivity index (χ4n) is 4.48. The molecule has 1 heterocycles. The molecule has 1 aromatic carbocycles. The van der Waals surface area contributed by atoms with Crippen LogP contribution in [0.1, 0.15) is 39.2 Å². The van der Waals surface area contributed by atoms with E-state index in [4.69, 9.17) is 11.6 Å². The number of rotatable bonds is 1. The van der Waals surface area contributed by atoms with E-state index in [1.165, 1.54) is 6.07 Å². The Morgan fingerprint density at radius 3 is 2.65 bits per heavy atom. The molecule has 0 amide bonds. The standard InChI is InChI=1S/C16H18BrClFNO3/c1-14(2)16(23)5-4-7(13(21)22)15(16,3)8-6-9(17)11(19)10(18)12(8)20-14/h6-7,20,23H,4-5H2,1-3H3,(H,21,22). The van der Waals surface area contributed by atoms with Gasteiger partial charge in [-0.1, -0.05) is 18.5 Å². The van der Waals surface area contributed by atoms with E-state index in [0.29, 0.717) is 24.1 Å². The second kappa shape index (κ2) is 4.83. The van der Waals surface area contributed by atoms with E-state index >= 15 is 0 Å². The van der Waals surface area contributed by atoms with Crippen molar-refractivity contribution in [2.45, 2.75) is 50.2 Å². The molecule has 3 N–H and O–H groups in total. The van der Waals surface area contributed by atoms with Gasteiger partial charge in [0.05, 0.1) is 27.2 Å². The number of benzene rings is 1. The minimum Gasteiger partial charge on any atom is -0.481 e. The Labute approximate surface area is 147 Å². The van der Waals surface area contributed by atoms with Crippen molar-refractivity contribution in [3.8, 4) is 0 Å². The summed E-state index contributed by atoms with van der Waals surface area (Å²) in [5.41, 5.74) is -2.34. The summed E-state index contributed by atoms with van der Waals surface area (Å²) in [4.78, 5) is 11.8. The van der Waals surface area contributed by atoms with Gasteiger partial charge in [-0.3, -0.25) is 4.79 Å². The smallest absolute Gasteiger partial charge is 0.307 e. The maximum atomic E-state index is 14.2. The quantitative estimate of drug-likeness (QED) is 0.618. The number of anilines is 1. The van der Waals surface area contributed by atoms with Gasteiger partial charge in [-0.05, 0) is 54.2 Å². The largest absolute Gasteiger partial charge is 0.481 e. The topological polar surface area (TPSA) is 69.6 Å². The lowest BCUT2D eigenvalue weighted by Gasteiger charge is -2.56. The molecule has 0 aromatic heterocycles. The molecule has 4 nitrogen and oxygen atoms in total. The van der Waals surface area contributed by atoms with Crippen molar-refractivity contribution in [2.75, 3.05) is 5.32 Å². The summed E-state index contributed by atoms with van der Waals surface area (Å²) >= 11 is 9.31. The number of nitrogens with one attached hydrogen (secondary N) is 1. The van der Waals surface area contributed by atoms with Crippen LogP contribution in [-0.2, 0) is 10.2 Å². The molecule has 3 atom stereocenters. The van der Waals surface area contributed by atoms with Gasteiger partial charge in [-0.25, -0.2) is 4.39 Å². The van der Waals surface area contributed by atoms with Crippen molar-refractivity contribution in [2.24, 2.45) is 5.92 Å². The van der Waals surface area contributed by atoms with E-state index in [1.807, 2.05) is 0 Å². The summed E-state index contributed by atoms with van der Waals surface area (Å²) < 4.78 is 14.3. The average molecular weight is 407 g/mol. The fraction of sp³-hybridized carbons (Fsp3) is 0.562. The van der Waals surface area contributed by atoms with Crippen LogP contribution in [0, 0.1) is 11.7 Å². The van der Waals surface area contributed by atoms with Gasteiger partial charge in [0.1, 0.15) is 5.02 Å². The van der Waals surface area contributed by atoms with Gasteiger partial charge in [0.15, 0.2) is 5.82 Å². The molecule has 0 radical (unpaired) electrons. The Bertz CT molecular complexity index is 726. The van der Waals surface area contributed by atoms with Gasteiger partial charge in [-0.15, -0.1) is 0 Å². The lowest BCUT2D eigenvalue weighted by atomic mass is 9.57. The Hall–Kier alpha value is -0.850. The number of hydrogen-bond donors (Lipinski definition) is 3. The Balaban J connectivity index is 2.39. The van der Waals surface area contributed by atoms with Gasteiger partial charge < -0.3 is 15.5 Å². The molecule has 0 bridgehead atoms. The van der Waals surface area contributed by atoms with Crippen molar-refractivity contribution in [1.29, 1.82) is 0 Å². The number of fused-ring (bicyclic) bond motifs is 3. The van der Waals surface area contributed by atoms with Gasteiger partial charge in [0.25, 0.3) is 0 Å². The van der Waals surface area contributed by atoms with Crippen molar-refractivity contribution < 1.29 is 19.4 Å². The van der Waals surface area contributed by atoms with Crippen molar-refractivity contribution >= 4 is 39.2 Å². The Kier molecular flexibility index (Phi) is 3.57. The fourth-order valence-corrected chi connectivity index (χ4v) is 5.27. The molecule has 2 aliphatic rings. The predicted octanol–water partition coefficient (Wildman–Crippen LogP) is 3.93. The first-order valence-corrected chi connectivity index (χ1v) is 8.56. The Morgan fingerprint density at radius 2 is 2.09 bits per heavy atom. The number of hydrogen-bond acceptors (Lipinski definition) is 3. The summed E-state index contributed by atoms with van der Waals surface area (Å²) in [6, 6.07) is 1.53. The number of aliphatic carboxylic acids is 1. The number of halogens is 3. The molecule has 3 rings (SSSR count). The Morgan fingerprint density at radius 1 is 1.48 bits per heavy atom. The van der Waals surface area contributed by atoms with E-state index in [-0.39, 0.29) is 9.50 Å². The summed E-state index contributed by atoms with van der Waals surface area (Å²) in [6.07, 6.45) is 0.687. The van der Waals surface area contributed by atoms with Crippen LogP contribution < -0.4 is 5.32 Å².